The average molecular weight is 239 g/mol. The summed E-state index contributed by atoms with van der Waals surface area (Å²) in [5.74, 6) is 0.772. The normalized spacial score (nSPS) is 10.8. The van der Waals surface area contributed by atoms with Crippen LogP contribution < -0.4 is 0 Å². The van der Waals surface area contributed by atoms with Gasteiger partial charge in [0, 0.05) is 19.6 Å². The molecule has 3 nitrogen and oxygen atoms in total. The molecule has 0 heterocycles. The Morgan fingerprint density at radius 2 is 1.33 bits per heavy atom. The lowest BCUT2D eigenvalue weighted by molar-refractivity contribution is 0.0240. The van der Waals surface area contributed by atoms with Crippen LogP contribution in [-0.4, -0.2) is 46.0 Å². The quantitative estimate of drug-likeness (QED) is 0.386. The molecule has 92 valence electrons. The summed E-state index contributed by atoms with van der Waals surface area (Å²) in [6.07, 6.45) is 4.64. The van der Waals surface area contributed by atoms with Gasteiger partial charge in [0.2, 0.25) is 0 Å². The monoisotopic (exact) mass is 238 g/mol. The van der Waals surface area contributed by atoms with E-state index in [-0.39, 0.29) is 0 Å². The van der Waals surface area contributed by atoms with Gasteiger partial charge in [0.15, 0.2) is 0 Å². The zero-order valence-corrected chi connectivity index (χ0v) is 10.4. The molecule has 0 saturated heterocycles. The number of halogens is 1. The summed E-state index contributed by atoms with van der Waals surface area (Å²) in [6.45, 7) is 3.47. The second-order valence-electron chi connectivity index (χ2n) is 3.32. The Hall–Kier alpha value is 0.170. The van der Waals surface area contributed by atoms with Gasteiger partial charge in [-0.25, -0.2) is 0 Å². The molecule has 0 aliphatic carbocycles. The molecule has 0 aliphatic heterocycles. The molecule has 0 aromatic rings. The Morgan fingerprint density at radius 1 is 0.733 bits per heavy atom. The fourth-order valence-corrected chi connectivity index (χ4v) is 1.31. The van der Waals surface area contributed by atoms with Crippen LogP contribution in [0.3, 0.4) is 0 Å². The molecule has 0 saturated carbocycles. The number of hydrogen-bond donors (Lipinski definition) is 0. The first-order valence-electron chi connectivity index (χ1n) is 5.62. The predicted octanol–water partition coefficient (Wildman–Crippen LogP) is 2.47. The topological polar surface area (TPSA) is 27.7 Å². The van der Waals surface area contributed by atoms with Crippen molar-refractivity contribution in [3.05, 3.63) is 0 Å². The highest BCUT2D eigenvalue weighted by Crippen LogP contribution is 2.00. The van der Waals surface area contributed by atoms with Gasteiger partial charge in [0.1, 0.15) is 0 Å². The van der Waals surface area contributed by atoms with Gasteiger partial charge < -0.3 is 14.2 Å². The van der Waals surface area contributed by atoms with Crippen LogP contribution in [0.25, 0.3) is 0 Å². The molecule has 15 heavy (non-hydrogen) atoms. The molecule has 0 amide bonds. The SMILES string of the molecule is COCCOCCOCCCCCCCl. The zero-order chi connectivity index (χ0) is 11.2. The Kier molecular flexibility index (Phi) is 14.3. The van der Waals surface area contributed by atoms with Crippen molar-refractivity contribution in [2.24, 2.45) is 0 Å². The van der Waals surface area contributed by atoms with Crippen LogP contribution >= 0.6 is 11.6 Å². The van der Waals surface area contributed by atoms with Crippen LogP contribution in [0.2, 0.25) is 0 Å². The molecule has 0 atom stereocenters. The van der Waals surface area contributed by atoms with Gasteiger partial charge >= 0.3 is 0 Å². The summed E-state index contributed by atoms with van der Waals surface area (Å²) in [5.41, 5.74) is 0. The van der Waals surface area contributed by atoms with E-state index in [4.69, 9.17) is 25.8 Å². The van der Waals surface area contributed by atoms with E-state index < -0.39 is 0 Å². The first-order valence-corrected chi connectivity index (χ1v) is 6.15. The van der Waals surface area contributed by atoms with Crippen molar-refractivity contribution in [2.45, 2.75) is 25.7 Å². The second-order valence-corrected chi connectivity index (χ2v) is 3.70. The standard InChI is InChI=1S/C11H23ClO3/c1-13-8-9-15-11-10-14-7-5-3-2-4-6-12/h2-11H2,1H3. The van der Waals surface area contributed by atoms with E-state index in [1.807, 2.05) is 0 Å². The fourth-order valence-electron chi connectivity index (χ4n) is 1.12. The lowest BCUT2D eigenvalue weighted by Gasteiger charge is -2.05. The molecule has 0 N–H and O–H groups in total. The Labute approximate surface area is 98.0 Å². The summed E-state index contributed by atoms with van der Waals surface area (Å²) in [7, 11) is 1.67. The molecule has 0 aromatic carbocycles. The van der Waals surface area contributed by atoms with Crippen molar-refractivity contribution >= 4 is 11.6 Å². The predicted molar refractivity (Wildman–Crippen MR) is 62.7 cm³/mol. The van der Waals surface area contributed by atoms with E-state index >= 15 is 0 Å². The van der Waals surface area contributed by atoms with Crippen molar-refractivity contribution in [3.8, 4) is 0 Å². The number of unbranched alkanes of at least 4 members (excludes halogenated alkanes) is 3. The van der Waals surface area contributed by atoms with Crippen LogP contribution in [0, 0.1) is 0 Å². The summed E-state index contributed by atoms with van der Waals surface area (Å²) < 4.78 is 15.5. The van der Waals surface area contributed by atoms with Crippen molar-refractivity contribution in [2.75, 3.05) is 46.0 Å². The van der Waals surface area contributed by atoms with E-state index in [1.54, 1.807) is 7.11 Å². The zero-order valence-electron chi connectivity index (χ0n) is 9.67. The van der Waals surface area contributed by atoms with E-state index in [1.165, 1.54) is 12.8 Å². The summed E-state index contributed by atoms with van der Waals surface area (Å²) >= 11 is 5.57. The molecule has 0 spiro atoms. The summed E-state index contributed by atoms with van der Waals surface area (Å²) in [4.78, 5) is 0. The van der Waals surface area contributed by atoms with Crippen molar-refractivity contribution < 1.29 is 14.2 Å². The van der Waals surface area contributed by atoms with Crippen LogP contribution in [-0.2, 0) is 14.2 Å². The molecule has 0 rings (SSSR count). The van der Waals surface area contributed by atoms with E-state index in [0.29, 0.717) is 26.4 Å². The Bertz CT molecular complexity index is 100. The van der Waals surface area contributed by atoms with Gasteiger partial charge in [0.25, 0.3) is 0 Å². The van der Waals surface area contributed by atoms with Gasteiger partial charge in [-0.15, -0.1) is 11.6 Å². The summed E-state index contributed by atoms with van der Waals surface area (Å²) in [5, 5.41) is 0. The lowest BCUT2D eigenvalue weighted by atomic mass is 10.2. The molecule has 0 aromatic heterocycles. The molecular formula is C11H23ClO3. The van der Waals surface area contributed by atoms with E-state index in [0.717, 1.165) is 25.3 Å². The summed E-state index contributed by atoms with van der Waals surface area (Å²) in [6, 6.07) is 0. The van der Waals surface area contributed by atoms with Crippen molar-refractivity contribution in [1.29, 1.82) is 0 Å². The third-order valence-corrected chi connectivity index (χ3v) is 2.24. The van der Waals surface area contributed by atoms with Gasteiger partial charge in [-0.2, -0.15) is 0 Å². The number of methoxy groups -OCH3 is 1. The first-order chi connectivity index (χ1) is 7.41. The second kappa shape index (κ2) is 14.2. The average Bonchev–Trinajstić information content (AvgIpc) is 2.26. The minimum Gasteiger partial charge on any atom is -0.382 e. The maximum absolute atomic E-state index is 5.57. The minimum atomic E-state index is 0.648. The van der Waals surface area contributed by atoms with Crippen LogP contribution in [0.5, 0.6) is 0 Å². The molecular weight excluding hydrogens is 216 g/mol. The van der Waals surface area contributed by atoms with Gasteiger partial charge in [-0.05, 0) is 12.8 Å². The van der Waals surface area contributed by atoms with Gasteiger partial charge in [-0.1, -0.05) is 12.8 Å². The van der Waals surface area contributed by atoms with Crippen molar-refractivity contribution in [3.63, 3.8) is 0 Å². The van der Waals surface area contributed by atoms with Gasteiger partial charge in [0.05, 0.1) is 26.4 Å². The minimum absolute atomic E-state index is 0.648. The van der Waals surface area contributed by atoms with Crippen LogP contribution in [0.15, 0.2) is 0 Å². The molecule has 4 heteroatoms. The molecule has 0 radical (unpaired) electrons. The maximum Gasteiger partial charge on any atom is 0.0701 e. The number of ether oxygens (including phenoxy) is 3. The highest BCUT2D eigenvalue weighted by Gasteiger charge is 1.91. The lowest BCUT2D eigenvalue weighted by Crippen LogP contribution is -2.08. The molecule has 0 unspecified atom stereocenters. The van der Waals surface area contributed by atoms with Crippen LogP contribution in [0.4, 0.5) is 0 Å². The number of alkyl halides is 1. The maximum atomic E-state index is 5.57. The van der Waals surface area contributed by atoms with Crippen LogP contribution in [0.1, 0.15) is 25.7 Å². The Balaban J connectivity index is 2.81. The highest BCUT2D eigenvalue weighted by molar-refractivity contribution is 6.17. The largest absolute Gasteiger partial charge is 0.382 e. The third-order valence-electron chi connectivity index (χ3n) is 1.98. The van der Waals surface area contributed by atoms with Gasteiger partial charge in [-0.3, -0.25) is 0 Å². The molecule has 0 bridgehead atoms. The first kappa shape index (κ1) is 15.2. The smallest absolute Gasteiger partial charge is 0.0701 e. The molecule has 0 fully saturated rings. The fraction of sp³-hybridized carbons (Fsp3) is 1.00. The van der Waals surface area contributed by atoms with E-state index in [2.05, 4.69) is 0 Å². The number of rotatable bonds is 12. The number of hydrogen-bond acceptors (Lipinski definition) is 3. The Morgan fingerprint density at radius 3 is 2.00 bits per heavy atom. The highest BCUT2D eigenvalue weighted by atomic mass is 35.5. The van der Waals surface area contributed by atoms with Crippen molar-refractivity contribution in [1.82, 2.24) is 0 Å². The van der Waals surface area contributed by atoms with E-state index in [9.17, 15) is 0 Å². The third kappa shape index (κ3) is 14.2. The molecule has 0 aliphatic rings.